The van der Waals surface area contributed by atoms with Gasteiger partial charge in [0.05, 0.1) is 21.3 Å². The molecule has 1 heterocycles. The number of nitrogens with zero attached hydrogens (tertiary/aromatic N) is 2. The minimum absolute atomic E-state index is 0.606. The molecule has 0 radical (unpaired) electrons. The number of hydrogen-bond acceptors (Lipinski definition) is 7. The Balaban J connectivity index is 1.64. The van der Waals surface area contributed by atoms with Crippen molar-refractivity contribution in [3.63, 3.8) is 0 Å². The van der Waals surface area contributed by atoms with E-state index in [9.17, 15) is 0 Å². The predicted molar refractivity (Wildman–Crippen MR) is 114 cm³/mol. The third-order valence-electron chi connectivity index (χ3n) is 4.39. The lowest BCUT2D eigenvalue weighted by molar-refractivity contribution is 0.354. The van der Waals surface area contributed by atoms with Gasteiger partial charge in [0.15, 0.2) is 11.5 Å². The number of aromatic nitrogens is 2. The van der Waals surface area contributed by atoms with E-state index < -0.39 is 0 Å². The van der Waals surface area contributed by atoms with E-state index in [2.05, 4.69) is 20.6 Å². The largest absolute Gasteiger partial charge is 0.497 e. The lowest BCUT2D eigenvalue weighted by atomic mass is 10.2. The number of benzene rings is 2. The van der Waals surface area contributed by atoms with Gasteiger partial charge in [0.25, 0.3) is 0 Å². The molecule has 2 N–H and O–H groups in total. The number of rotatable bonds is 9. The van der Waals surface area contributed by atoms with Crippen molar-refractivity contribution < 1.29 is 14.2 Å². The summed E-state index contributed by atoms with van der Waals surface area (Å²) in [6.07, 6.45) is 0. The Morgan fingerprint density at radius 1 is 0.690 bits per heavy atom. The van der Waals surface area contributed by atoms with Gasteiger partial charge in [-0.1, -0.05) is 18.2 Å². The zero-order valence-electron chi connectivity index (χ0n) is 17.2. The quantitative estimate of drug-likeness (QED) is 0.567. The highest BCUT2D eigenvalue weighted by Crippen LogP contribution is 2.27. The van der Waals surface area contributed by atoms with Crippen molar-refractivity contribution in [1.29, 1.82) is 0 Å². The van der Waals surface area contributed by atoms with Crippen LogP contribution in [0.4, 0.5) is 11.6 Å². The molecule has 29 heavy (non-hydrogen) atoms. The highest BCUT2D eigenvalue weighted by Gasteiger charge is 2.06. The van der Waals surface area contributed by atoms with Gasteiger partial charge in [-0.05, 0) is 42.3 Å². The van der Waals surface area contributed by atoms with Crippen LogP contribution in [0.3, 0.4) is 0 Å². The van der Waals surface area contributed by atoms with Crippen LogP contribution in [-0.2, 0) is 13.1 Å². The molecule has 152 valence electrons. The molecule has 0 saturated heterocycles. The number of ether oxygens (including phenoxy) is 3. The summed E-state index contributed by atoms with van der Waals surface area (Å²) < 4.78 is 15.8. The fourth-order valence-electron chi connectivity index (χ4n) is 2.87. The van der Waals surface area contributed by atoms with E-state index in [4.69, 9.17) is 14.2 Å². The van der Waals surface area contributed by atoms with Crippen LogP contribution < -0.4 is 24.8 Å². The van der Waals surface area contributed by atoms with Gasteiger partial charge in [0.2, 0.25) is 0 Å². The van der Waals surface area contributed by atoms with Gasteiger partial charge in [-0.25, -0.2) is 9.97 Å². The number of methoxy groups -OCH3 is 3. The Hall–Kier alpha value is -3.48. The highest BCUT2D eigenvalue weighted by atomic mass is 16.5. The summed E-state index contributed by atoms with van der Waals surface area (Å²) in [7, 11) is 4.91. The van der Waals surface area contributed by atoms with Crippen LogP contribution in [0, 0.1) is 6.92 Å². The van der Waals surface area contributed by atoms with Gasteiger partial charge in [-0.2, -0.15) is 0 Å². The Kier molecular flexibility index (Phi) is 6.73. The van der Waals surface area contributed by atoms with Gasteiger partial charge in [0.1, 0.15) is 23.2 Å². The smallest absolute Gasteiger partial charge is 0.161 e. The van der Waals surface area contributed by atoms with Crippen molar-refractivity contribution in [2.75, 3.05) is 32.0 Å². The molecule has 0 amide bonds. The van der Waals surface area contributed by atoms with Crippen molar-refractivity contribution in [3.05, 3.63) is 65.5 Å². The summed E-state index contributed by atoms with van der Waals surface area (Å²) in [6, 6.07) is 15.7. The molecule has 3 rings (SSSR count). The summed E-state index contributed by atoms with van der Waals surface area (Å²) >= 11 is 0. The van der Waals surface area contributed by atoms with E-state index in [1.807, 2.05) is 55.5 Å². The number of aryl methyl sites for hydroxylation is 1. The SMILES string of the molecule is COc1ccc(CNc2cc(NCc3ccc(OC)c(OC)c3)nc(C)n2)cc1. The summed E-state index contributed by atoms with van der Waals surface area (Å²) in [5.41, 5.74) is 2.20. The van der Waals surface area contributed by atoms with E-state index in [-0.39, 0.29) is 0 Å². The van der Waals surface area contributed by atoms with Crippen LogP contribution >= 0.6 is 0 Å². The molecular weight excluding hydrogens is 368 g/mol. The first kappa shape index (κ1) is 20.3. The first-order chi connectivity index (χ1) is 14.1. The van der Waals surface area contributed by atoms with Crippen LogP contribution in [0.2, 0.25) is 0 Å². The molecule has 2 aromatic carbocycles. The average molecular weight is 394 g/mol. The second-order valence-corrected chi connectivity index (χ2v) is 6.43. The minimum Gasteiger partial charge on any atom is -0.497 e. The normalized spacial score (nSPS) is 10.3. The van der Waals surface area contributed by atoms with Crippen LogP contribution in [0.1, 0.15) is 17.0 Å². The van der Waals surface area contributed by atoms with Gasteiger partial charge in [-0.3, -0.25) is 0 Å². The first-order valence-corrected chi connectivity index (χ1v) is 9.28. The summed E-state index contributed by atoms with van der Waals surface area (Å²) in [5, 5.41) is 6.68. The second kappa shape index (κ2) is 9.64. The topological polar surface area (TPSA) is 77.5 Å². The van der Waals surface area contributed by atoms with Gasteiger partial charge in [-0.15, -0.1) is 0 Å². The van der Waals surface area contributed by atoms with E-state index >= 15 is 0 Å². The van der Waals surface area contributed by atoms with Gasteiger partial charge in [0, 0.05) is 19.2 Å². The molecule has 0 aliphatic rings. The molecule has 7 heteroatoms. The molecule has 0 aliphatic heterocycles. The van der Waals surface area contributed by atoms with Crippen molar-refractivity contribution in [1.82, 2.24) is 9.97 Å². The third kappa shape index (κ3) is 5.51. The molecule has 1 aromatic heterocycles. The van der Waals surface area contributed by atoms with Crippen molar-refractivity contribution in [2.24, 2.45) is 0 Å². The summed E-state index contributed by atoms with van der Waals surface area (Å²) in [5.74, 6) is 4.46. The Morgan fingerprint density at radius 2 is 1.28 bits per heavy atom. The standard InChI is InChI=1S/C22H26N4O3/c1-15-25-21(23-13-16-5-8-18(27-2)9-6-16)12-22(26-15)24-14-17-7-10-19(28-3)20(11-17)29-4/h5-12H,13-14H2,1-4H3,(H2,23,24,25,26). The van der Waals surface area contributed by atoms with E-state index in [0.717, 1.165) is 28.5 Å². The molecule has 3 aromatic rings. The maximum absolute atomic E-state index is 5.36. The van der Waals surface area contributed by atoms with E-state index in [1.165, 1.54) is 0 Å². The fourth-order valence-corrected chi connectivity index (χ4v) is 2.87. The second-order valence-electron chi connectivity index (χ2n) is 6.43. The predicted octanol–water partition coefficient (Wildman–Crippen LogP) is 4.04. The zero-order valence-corrected chi connectivity index (χ0v) is 17.2. The molecule has 0 aliphatic carbocycles. The number of anilines is 2. The van der Waals surface area contributed by atoms with Crippen LogP contribution in [-0.4, -0.2) is 31.3 Å². The molecule has 0 bridgehead atoms. The Labute approximate surface area is 171 Å². The fraction of sp³-hybridized carbons (Fsp3) is 0.273. The van der Waals surface area contributed by atoms with Crippen LogP contribution in [0.15, 0.2) is 48.5 Å². The third-order valence-corrected chi connectivity index (χ3v) is 4.39. The number of nitrogens with one attached hydrogen (secondary N) is 2. The van der Waals surface area contributed by atoms with Crippen molar-refractivity contribution >= 4 is 11.6 Å². The van der Waals surface area contributed by atoms with Gasteiger partial charge >= 0.3 is 0 Å². The summed E-state index contributed by atoms with van der Waals surface area (Å²) in [6.45, 7) is 3.14. The maximum atomic E-state index is 5.36. The molecule has 7 nitrogen and oxygen atoms in total. The highest BCUT2D eigenvalue weighted by molar-refractivity contribution is 5.49. The first-order valence-electron chi connectivity index (χ1n) is 9.28. The van der Waals surface area contributed by atoms with Crippen LogP contribution in [0.5, 0.6) is 17.2 Å². The van der Waals surface area contributed by atoms with Crippen molar-refractivity contribution in [2.45, 2.75) is 20.0 Å². The van der Waals surface area contributed by atoms with Gasteiger partial charge < -0.3 is 24.8 Å². The van der Waals surface area contributed by atoms with E-state index in [0.29, 0.717) is 30.4 Å². The van der Waals surface area contributed by atoms with E-state index in [1.54, 1.807) is 21.3 Å². The zero-order chi connectivity index (χ0) is 20.6. The lowest BCUT2D eigenvalue weighted by Crippen LogP contribution is -2.07. The maximum Gasteiger partial charge on any atom is 0.161 e. The molecule has 0 fully saturated rings. The van der Waals surface area contributed by atoms with Crippen LogP contribution in [0.25, 0.3) is 0 Å². The molecule has 0 unspecified atom stereocenters. The molecule has 0 saturated carbocycles. The minimum atomic E-state index is 0.606. The molecular formula is C22H26N4O3. The number of hydrogen-bond donors (Lipinski definition) is 2. The lowest BCUT2D eigenvalue weighted by Gasteiger charge is -2.12. The monoisotopic (exact) mass is 394 g/mol. The molecule has 0 spiro atoms. The molecule has 0 atom stereocenters. The Morgan fingerprint density at radius 3 is 1.86 bits per heavy atom. The summed E-state index contributed by atoms with van der Waals surface area (Å²) in [4.78, 5) is 8.93. The van der Waals surface area contributed by atoms with Crippen molar-refractivity contribution in [3.8, 4) is 17.2 Å². The average Bonchev–Trinajstić information content (AvgIpc) is 2.76. The Bertz CT molecular complexity index is 945.